The molecule has 2 aromatic rings. The minimum absolute atomic E-state index is 0.215. The lowest BCUT2D eigenvalue weighted by Gasteiger charge is -2.11. The van der Waals surface area contributed by atoms with Crippen molar-refractivity contribution in [1.29, 1.82) is 0 Å². The van der Waals surface area contributed by atoms with E-state index in [4.69, 9.17) is 4.98 Å². The first kappa shape index (κ1) is 15.5. The zero-order valence-electron chi connectivity index (χ0n) is 13.4. The van der Waals surface area contributed by atoms with Crippen LogP contribution in [-0.4, -0.2) is 9.55 Å². The molecule has 2 nitrogen and oxygen atoms in total. The van der Waals surface area contributed by atoms with Crippen LogP contribution in [0.15, 0.2) is 24.3 Å². The molecule has 0 bridgehead atoms. The van der Waals surface area contributed by atoms with Gasteiger partial charge in [0.05, 0.1) is 5.69 Å². The molecule has 0 saturated heterocycles. The van der Waals surface area contributed by atoms with Crippen LogP contribution in [0.5, 0.6) is 0 Å². The standard InChI is InChI=1S/C18H23FN2/c1-12(2)17-18(13(3)4)21(5)16(20-17)11-8-14-6-9-15(19)10-7-14/h6-13H,1-5H3. The van der Waals surface area contributed by atoms with Gasteiger partial charge in [-0.15, -0.1) is 0 Å². The molecule has 3 heteroatoms. The van der Waals surface area contributed by atoms with Crippen LogP contribution in [0.1, 0.15) is 62.3 Å². The van der Waals surface area contributed by atoms with Crippen molar-refractivity contribution in [2.45, 2.75) is 39.5 Å². The molecule has 0 spiro atoms. The lowest BCUT2D eigenvalue weighted by molar-refractivity contribution is 0.628. The smallest absolute Gasteiger partial charge is 0.132 e. The number of hydrogen-bond donors (Lipinski definition) is 0. The summed E-state index contributed by atoms with van der Waals surface area (Å²) in [5.41, 5.74) is 3.41. The number of hydrogen-bond acceptors (Lipinski definition) is 1. The zero-order chi connectivity index (χ0) is 15.6. The Balaban J connectivity index is 2.36. The van der Waals surface area contributed by atoms with Gasteiger partial charge >= 0.3 is 0 Å². The van der Waals surface area contributed by atoms with Crippen LogP contribution < -0.4 is 0 Å². The maximum absolute atomic E-state index is 12.9. The molecule has 2 rings (SSSR count). The molecule has 0 atom stereocenters. The number of imidazole rings is 1. The van der Waals surface area contributed by atoms with E-state index in [2.05, 4.69) is 39.3 Å². The van der Waals surface area contributed by atoms with Crippen LogP contribution in [0.4, 0.5) is 4.39 Å². The lowest BCUT2D eigenvalue weighted by Crippen LogP contribution is -2.03. The van der Waals surface area contributed by atoms with E-state index < -0.39 is 0 Å². The first-order chi connectivity index (χ1) is 9.90. The summed E-state index contributed by atoms with van der Waals surface area (Å²) in [6.07, 6.45) is 3.96. The summed E-state index contributed by atoms with van der Waals surface area (Å²) in [6, 6.07) is 6.47. The number of halogens is 1. The van der Waals surface area contributed by atoms with Crippen LogP contribution in [0.25, 0.3) is 12.2 Å². The Morgan fingerprint density at radius 1 is 1.00 bits per heavy atom. The SMILES string of the molecule is CC(C)c1nc(C=Cc2ccc(F)cc2)n(C)c1C(C)C. The number of nitrogens with zero attached hydrogens (tertiary/aromatic N) is 2. The molecular formula is C18H23FN2. The van der Waals surface area contributed by atoms with Gasteiger partial charge in [-0.2, -0.15) is 0 Å². The highest BCUT2D eigenvalue weighted by molar-refractivity contribution is 5.67. The summed E-state index contributed by atoms with van der Waals surface area (Å²) >= 11 is 0. The van der Waals surface area contributed by atoms with Gasteiger partial charge in [0.15, 0.2) is 0 Å². The van der Waals surface area contributed by atoms with Crippen molar-refractivity contribution in [1.82, 2.24) is 9.55 Å². The van der Waals surface area contributed by atoms with Crippen LogP contribution in [0.3, 0.4) is 0 Å². The second kappa shape index (κ2) is 6.25. The molecule has 0 aliphatic carbocycles. The van der Waals surface area contributed by atoms with E-state index in [1.807, 2.05) is 12.2 Å². The van der Waals surface area contributed by atoms with Crippen molar-refractivity contribution in [3.63, 3.8) is 0 Å². The summed E-state index contributed by atoms with van der Waals surface area (Å²) in [5.74, 6) is 1.56. The number of aromatic nitrogens is 2. The van der Waals surface area contributed by atoms with Crippen molar-refractivity contribution in [2.75, 3.05) is 0 Å². The molecule has 0 saturated carbocycles. The molecule has 0 amide bonds. The van der Waals surface area contributed by atoms with Gasteiger partial charge in [0.2, 0.25) is 0 Å². The van der Waals surface area contributed by atoms with Crippen LogP contribution in [0.2, 0.25) is 0 Å². The van der Waals surface area contributed by atoms with E-state index in [9.17, 15) is 4.39 Å². The van der Waals surface area contributed by atoms with Crippen LogP contribution >= 0.6 is 0 Å². The molecule has 0 aliphatic heterocycles. The maximum atomic E-state index is 12.9. The highest BCUT2D eigenvalue weighted by Crippen LogP contribution is 2.26. The van der Waals surface area contributed by atoms with Gasteiger partial charge in [-0.25, -0.2) is 9.37 Å². The molecule has 1 aromatic heterocycles. The highest BCUT2D eigenvalue weighted by atomic mass is 19.1. The van der Waals surface area contributed by atoms with Gasteiger partial charge in [-0.1, -0.05) is 45.9 Å². The van der Waals surface area contributed by atoms with Gasteiger partial charge < -0.3 is 4.57 Å². The van der Waals surface area contributed by atoms with Crippen molar-refractivity contribution in [3.8, 4) is 0 Å². The Labute approximate surface area is 126 Å². The predicted molar refractivity (Wildman–Crippen MR) is 86.7 cm³/mol. The summed E-state index contributed by atoms with van der Waals surface area (Å²) in [4.78, 5) is 4.77. The molecule has 1 aromatic carbocycles. The van der Waals surface area contributed by atoms with Gasteiger partial charge in [-0.3, -0.25) is 0 Å². The molecular weight excluding hydrogens is 263 g/mol. The zero-order valence-corrected chi connectivity index (χ0v) is 13.4. The lowest BCUT2D eigenvalue weighted by atomic mass is 10.0. The van der Waals surface area contributed by atoms with Gasteiger partial charge in [-0.05, 0) is 35.6 Å². The normalized spacial score (nSPS) is 12.0. The van der Waals surface area contributed by atoms with E-state index in [-0.39, 0.29) is 5.82 Å². The summed E-state index contributed by atoms with van der Waals surface area (Å²) in [6.45, 7) is 8.72. The number of benzene rings is 1. The van der Waals surface area contributed by atoms with Crippen molar-refractivity contribution in [2.24, 2.45) is 7.05 Å². The Morgan fingerprint density at radius 2 is 1.62 bits per heavy atom. The van der Waals surface area contributed by atoms with E-state index in [0.29, 0.717) is 11.8 Å². The quantitative estimate of drug-likeness (QED) is 0.775. The third-order valence-corrected chi connectivity index (χ3v) is 3.59. The van der Waals surface area contributed by atoms with E-state index in [0.717, 1.165) is 17.1 Å². The molecule has 0 unspecified atom stereocenters. The fourth-order valence-electron chi connectivity index (χ4n) is 2.55. The molecule has 21 heavy (non-hydrogen) atoms. The van der Waals surface area contributed by atoms with Gasteiger partial charge in [0, 0.05) is 12.7 Å². The van der Waals surface area contributed by atoms with Crippen molar-refractivity contribution in [3.05, 3.63) is 52.9 Å². The molecule has 112 valence electrons. The Kier molecular flexibility index (Phi) is 4.61. The first-order valence-electron chi connectivity index (χ1n) is 7.40. The summed E-state index contributed by atoms with van der Waals surface area (Å²) in [7, 11) is 2.05. The maximum Gasteiger partial charge on any atom is 0.132 e. The van der Waals surface area contributed by atoms with Crippen LogP contribution in [-0.2, 0) is 7.05 Å². The Hall–Kier alpha value is -1.90. The monoisotopic (exact) mass is 286 g/mol. The summed E-state index contributed by atoms with van der Waals surface area (Å²) in [5, 5.41) is 0. The largest absolute Gasteiger partial charge is 0.331 e. The second-order valence-electron chi connectivity index (χ2n) is 5.99. The molecule has 0 N–H and O–H groups in total. The molecule has 0 fully saturated rings. The average molecular weight is 286 g/mol. The van der Waals surface area contributed by atoms with Crippen molar-refractivity contribution < 1.29 is 4.39 Å². The Morgan fingerprint density at radius 3 is 2.10 bits per heavy atom. The minimum Gasteiger partial charge on any atom is -0.331 e. The third-order valence-electron chi connectivity index (χ3n) is 3.59. The topological polar surface area (TPSA) is 17.8 Å². The highest BCUT2D eigenvalue weighted by Gasteiger charge is 2.18. The van der Waals surface area contributed by atoms with Crippen LogP contribution in [0, 0.1) is 5.82 Å². The Bertz CT molecular complexity index is 634. The minimum atomic E-state index is -0.215. The van der Waals surface area contributed by atoms with E-state index >= 15 is 0 Å². The fraction of sp³-hybridized carbons (Fsp3) is 0.389. The average Bonchev–Trinajstić information content (AvgIpc) is 2.75. The number of rotatable bonds is 4. The first-order valence-corrected chi connectivity index (χ1v) is 7.40. The third kappa shape index (κ3) is 3.41. The molecule has 0 radical (unpaired) electrons. The second-order valence-corrected chi connectivity index (χ2v) is 5.99. The van der Waals surface area contributed by atoms with Crippen molar-refractivity contribution >= 4 is 12.2 Å². The van der Waals surface area contributed by atoms with E-state index in [1.165, 1.54) is 17.8 Å². The predicted octanol–water partition coefficient (Wildman–Crippen LogP) is 4.98. The van der Waals surface area contributed by atoms with E-state index in [1.54, 1.807) is 12.1 Å². The summed E-state index contributed by atoms with van der Waals surface area (Å²) < 4.78 is 15.1. The van der Waals surface area contributed by atoms with Gasteiger partial charge in [0.25, 0.3) is 0 Å². The fourth-order valence-corrected chi connectivity index (χ4v) is 2.55. The van der Waals surface area contributed by atoms with Gasteiger partial charge in [0.1, 0.15) is 11.6 Å². The molecule has 0 aliphatic rings. The molecule has 1 heterocycles.